The zero-order chi connectivity index (χ0) is 15.7. The average molecular weight is 304 g/mol. The van der Waals surface area contributed by atoms with Crippen molar-refractivity contribution in [3.05, 3.63) is 29.6 Å². The van der Waals surface area contributed by atoms with E-state index >= 15 is 0 Å². The maximum absolute atomic E-state index is 12.2. The highest BCUT2D eigenvalue weighted by Crippen LogP contribution is 2.39. The van der Waals surface area contributed by atoms with E-state index in [0.29, 0.717) is 25.6 Å². The van der Waals surface area contributed by atoms with Crippen LogP contribution in [0.25, 0.3) is 0 Å². The fourth-order valence-corrected chi connectivity index (χ4v) is 2.58. The Labute approximate surface area is 131 Å². The summed E-state index contributed by atoms with van der Waals surface area (Å²) in [6, 6.07) is 6.09. The summed E-state index contributed by atoms with van der Waals surface area (Å²) in [6.45, 7) is 7.21. The van der Waals surface area contributed by atoms with Crippen LogP contribution in [-0.4, -0.2) is 41.3 Å². The van der Waals surface area contributed by atoms with E-state index in [9.17, 15) is 4.79 Å². The molecule has 2 aliphatic rings. The Bertz CT molecular complexity index is 549. The first-order valence-corrected chi connectivity index (χ1v) is 7.99. The number of carbonyl (C=O) groups excluding carboxylic acids is 1. The number of ether oxygens (including phenoxy) is 2. The van der Waals surface area contributed by atoms with Gasteiger partial charge in [0, 0.05) is 18.2 Å². The lowest BCUT2D eigenvalue weighted by Gasteiger charge is -2.34. The van der Waals surface area contributed by atoms with Gasteiger partial charge in [0.15, 0.2) is 0 Å². The van der Waals surface area contributed by atoms with Crippen LogP contribution in [0.3, 0.4) is 0 Å². The SMILES string of the molecule is CC(C)(C)OC(=O)N1CCO[C@H](c2cccc(C3CC3)n2)C1. The molecule has 120 valence electrons. The Balaban J connectivity index is 1.67. The third-order valence-electron chi connectivity index (χ3n) is 3.84. The number of rotatable bonds is 2. The van der Waals surface area contributed by atoms with E-state index in [2.05, 4.69) is 6.07 Å². The van der Waals surface area contributed by atoms with E-state index in [4.69, 9.17) is 14.5 Å². The molecule has 5 heteroatoms. The molecule has 0 N–H and O–H groups in total. The molecule has 0 bridgehead atoms. The average Bonchev–Trinajstić information content (AvgIpc) is 3.30. The van der Waals surface area contributed by atoms with Crippen LogP contribution in [0.1, 0.15) is 57.0 Å². The van der Waals surface area contributed by atoms with Gasteiger partial charge in [-0.05, 0) is 45.7 Å². The van der Waals surface area contributed by atoms with Gasteiger partial charge in [-0.15, -0.1) is 0 Å². The van der Waals surface area contributed by atoms with Gasteiger partial charge in [-0.1, -0.05) is 6.07 Å². The lowest BCUT2D eigenvalue weighted by atomic mass is 10.1. The summed E-state index contributed by atoms with van der Waals surface area (Å²) in [5, 5.41) is 0. The molecule has 0 radical (unpaired) electrons. The maximum atomic E-state index is 12.2. The van der Waals surface area contributed by atoms with Gasteiger partial charge in [0.1, 0.15) is 11.7 Å². The first kappa shape index (κ1) is 15.3. The summed E-state index contributed by atoms with van der Waals surface area (Å²) in [5.74, 6) is 0.616. The fraction of sp³-hybridized carbons (Fsp3) is 0.647. The Morgan fingerprint density at radius 2 is 2.05 bits per heavy atom. The minimum absolute atomic E-state index is 0.167. The minimum atomic E-state index is -0.477. The second kappa shape index (κ2) is 5.88. The summed E-state index contributed by atoms with van der Waals surface area (Å²) in [4.78, 5) is 18.6. The van der Waals surface area contributed by atoms with Gasteiger partial charge in [-0.25, -0.2) is 4.79 Å². The molecular weight excluding hydrogens is 280 g/mol. The second-order valence-electron chi connectivity index (χ2n) is 7.05. The molecule has 1 saturated carbocycles. The monoisotopic (exact) mass is 304 g/mol. The Kier molecular flexibility index (Phi) is 4.08. The summed E-state index contributed by atoms with van der Waals surface area (Å²) in [6.07, 6.45) is 2.01. The first-order chi connectivity index (χ1) is 10.4. The molecule has 1 atom stereocenters. The summed E-state index contributed by atoms with van der Waals surface area (Å²) < 4.78 is 11.3. The van der Waals surface area contributed by atoms with Crippen LogP contribution in [0.15, 0.2) is 18.2 Å². The molecule has 0 spiro atoms. The van der Waals surface area contributed by atoms with Crippen molar-refractivity contribution in [3.63, 3.8) is 0 Å². The number of morpholine rings is 1. The van der Waals surface area contributed by atoms with E-state index in [1.54, 1.807) is 4.90 Å². The van der Waals surface area contributed by atoms with Gasteiger partial charge in [-0.2, -0.15) is 0 Å². The molecule has 1 aliphatic heterocycles. The van der Waals surface area contributed by atoms with Crippen LogP contribution >= 0.6 is 0 Å². The first-order valence-electron chi connectivity index (χ1n) is 7.99. The van der Waals surface area contributed by atoms with E-state index in [1.165, 1.54) is 12.8 Å². The van der Waals surface area contributed by atoms with Crippen molar-refractivity contribution in [2.24, 2.45) is 0 Å². The molecule has 0 aromatic carbocycles. The number of hydrogen-bond donors (Lipinski definition) is 0. The molecule has 0 unspecified atom stereocenters. The molecule has 1 aromatic heterocycles. The predicted octanol–water partition coefficient (Wildman–Crippen LogP) is 3.27. The van der Waals surface area contributed by atoms with Crippen LogP contribution in [-0.2, 0) is 9.47 Å². The normalized spacial score (nSPS) is 22.5. The van der Waals surface area contributed by atoms with Gasteiger partial charge in [0.05, 0.1) is 18.8 Å². The van der Waals surface area contributed by atoms with E-state index < -0.39 is 5.60 Å². The van der Waals surface area contributed by atoms with Crippen LogP contribution in [0.2, 0.25) is 0 Å². The number of amides is 1. The molecule has 1 saturated heterocycles. The lowest BCUT2D eigenvalue weighted by Crippen LogP contribution is -2.44. The van der Waals surface area contributed by atoms with Gasteiger partial charge in [0.25, 0.3) is 0 Å². The molecule has 2 heterocycles. The molecule has 1 aromatic rings. The van der Waals surface area contributed by atoms with Crippen molar-refractivity contribution < 1.29 is 14.3 Å². The van der Waals surface area contributed by atoms with E-state index in [-0.39, 0.29) is 12.2 Å². The largest absolute Gasteiger partial charge is 0.444 e. The van der Waals surface area contributed by atoms with Gasteiger partial charge in [-0.3, -0.25) is 4.98 Å². The number of nitrogens with zero attached hydrogens (tertiary/aromatic N) is 2. The minimum Gasteiger partial charge on any atom is -0.444 e. The zero-order valence-electron chi connectivity index (χ0n) is 13.5. The molecule has 1 amide bonds. The topological polar surface area (TPSA) is 51.7 Å². The van der Waals surface area contributed by atoms with Crippen LogP contribution in [0.4, 0.5) is 4.79 Å². The van der Waals surface area contributed by atoms with Crippen LogP contribution in [0, 0.1) is 0 Å². The zero-order valence-corrected chi connectivity index (χ0v) is 13.5. The van der Waals surface area contributed by atoms with Gasteiger partial charge < -0.3 is 14.4 Å². The predicted molar refractivity (Wildman–Crippen MR) is 82.7 cm³/mol. The standard InChI is InChI=1S/C17H24N2O3/c1-17(2,3)22-16(20)19-9-10-21-15(11-19)14-6-4-5-13(18-14)12-7-8-12/h4-6,12,15H,7-11H2,1-3H3/t15-/m0/s1. The molecule has 2 fully saturated rings. The Morgan fingerprint density at radius 3 is 2.73 bits per heavy atom. The molecule has 1 aliphatic carbocycles. The van der Waals surface area contributed by atoms with Gasteiger partial charge >= 0.3 is 6.09 Å². The number of hydrogen-bond acceptors (Lipinski definition) is 4. The summed E-state index contributed by atoms with van der Waals surface area (Å²) >= 11 is 0. The highest BCUT2D eigenvalue weighted by molar-refractivity contribution is 5.68. The second-order valence-corrected chi connectivity index (χ2v) is 7.05. The molecule has 22 heavy (non-hydrogen) atoms. The fourth-order valence-electron chi connectivity index (χ4n) is 2.58. The quantitative estimate of drug-likeness (QED) is 0.841. The molecule has 5 nitrogen and oxygen atoms in total. The van der Waals surface area contributed by atoms with Crippen LogP contribution in [0.5, 0.6) is 0 Å². The Hall–Kier alpha value is -1.62. The highest BCUT2D eigenvalue weighted by Gasteiger charge is 2.31. The maximum Gasteiger partial charge on any atom is 0.410 e. The third-order valence-corrected chi connectivity index (χ3v) is 3.84. The highest BCUT2D eigenvalue weighted by atomic mass is 16.6. The number of aromatic nitrogens is 1. The molecule has 3 rings (SSSR count). The van der Waals surface area contributed by atoms with Crippen molar-refractivity contribution in [2.45, 2.75) is 51.2 Å². The summed E-state index contributed by atoms with van der Waals surface area (Å²) in [5.41, 5.74) is 1.59. The van der Waals surface area contributed by atoms with E-state index in [0.717, 1.165) is 11.4 Å². The van der Waals surface area contributed by atoms with Gasteiger partial charge in [0.2, 0.25) is 0 Å². The van der Waals surface area contributed by atoms with E-state index in [1.807, 2.05) is 32.9 Å². The number of carbonyl (C=O) groups is 1. The Morgan fingerprint density at radius 1 is 1.32 bits per heavy atom. The smallest absolute Gasteiger partial charge is 0.410 e. The molecular formula is C17H24N2O3. The van der Waals surface area contributed by atoms with Crippen molar-refractivity contribution in [1.29, 1.82) is 0 Å². The number of pyridine rings is 1. The van der Waals surface area contributed by atoms with Crippen LogP contribution < -0.4 is 0 Å². The third kappa shape index (κ3) is 3.77. The lowest BCUT2D eigenvalue weighted by molar-refractivity contribution is -0.0447. The van der Waals surface area contributed by atoms with Crippen molar-refractivity contribution in [3.8, 4) is 0 Å². The van der Waals surface area contributed by atoms with Crippen molar-refractivity contribution in [2.75, 3.05) is 19.7 Å². The van der Waals surface area contributed by atoms with Crippen molar-refractivity contribution >= 4 is 6.09 Å². The summed E-state index contributed by atoms with van der Waals surface area (Å²) in [7, 11) is 0. The van der Waals surface area contributed by atoms with Crippen molar-refractivity contribution in [1.82, 2.24) is 9.88 Å².